The minimum Gasteiger partial charge on any atom is -0.459 e. The molecule has 2 saturated carbocycles. The Kier molecular flexibility index (Phi) is 2.08. The van der Waals surface area contributed by atoms with Crippen LogP contribution in [0.3, 0.4) is 0 Å². The summed E-state index contributed by atoms with van der Waals surface area (Å²) in [6.45, 7) is 0. The Labute approximate surface area is 91.4 Å². The van der Waals surface area contributed by atoms with E-state index in [-0.39, 0.29) is 11.6 Å². The molecule has 2 heteroatoms. The summed E-state index contributed by atoms with van der Waals surface area (Å²) < 4.78 is 5.68. The van der Waals surface area contributed by atoms with Gasteiger partial charge in [-0.15, -0.1) is 0 Å². The molecule has 0 unspecified atom stereocenters. The van der Waals surface area contributed by atoms with Crippen LogP contribution in [0.5, 0.6) is 0 Å². The van der Waals surface area contributed by atoms with Crippen molar-refractivity contribution in [2.24, 2.45) is 5.41 Å². The first kappa shape index (κ1) is 9.68. The zero-order valence-corrected chi connectivity index (χ0v) is 9.39. The van der Waals surface area contributed by atoms with Crippen molar-refractivity contribution in [1.29, 1.82) is 0 Å². The van der Waals surface area contributed by atoms with E-state index in [4.69, 9.17) is 4.74 Å². The predicted octanol–water partition coefficient (Wildman–Crippen LogP) is 3.20. The number of hydrogen-bond acceptors (Lipinski definition) is 2. The lowest BCUT2D eigenvalue weighted by Crippen LogP contribution is -2.44. The van der Waals surface area contributed by atoms with Crippen molar-refractivity contribution in [2.45, 2.75) is 69.8 Å². The zero-order chi connectivity index (χ0) is 10.4. The molecule has 0 aromatic rings. The molecule has 15 heavy (non-hydrogen) atoms. The Bertz CT molecular complexity index is 244. The summed E-state index contributed by atoms with van der Waals surface area (Å²) in [5.41, 5.74) is 0.319. The summed E-state index contributed by atoms with van der Waals surface area (Å²) in [5.74, 6) is 0.0880. The highest BCUT2D eigenvalue weighted by Gasteiger charge is 2.51. The van der Waals surface area contributed by atoms with Crippen LogP contribution >= 0.6 is 0 Å². The molecule has 84 valence electrons. The largest absolute Gasteiger partial charge is 0.459 e. The fourth-order valence-corrected chi connectivity index (χ4v) is 4.14. The molecule has 2 aliphatic carbocycles. The third-order valence-corrected chi connectivity index (χ3v) is 4.73. The predicted molar refractivity (Wildman–Crippen MR) is 57.4 cm³/mol. The van der Waals surface area contributed by atoms with Crippen molar-refractivity contribution < 1.29 is 9.53 Å². The van der Waals surface area contributed by atoms with E-state index in [1.807, 2.05) is 0 Å². The van der Waals surface area contributed by atoms with Crippen LogP contribution < -0.4 is 0 Å². The fourth-order valence-electron chi connectivity index (χ4n) is 4.14. The summed E-state index contributed by atoms with van der Waals surface area (Å²) in [6, 6.07) is 0. The molecule has 2 spiro atoms. The maximum Gasteiger partial charge on any atom is 0.306 e. The molecule has 0 aromatic heterocycles. The van der Waals surface area contributed by atoms with Crippen molar-refractivity contribution in [3.05, 3.63) is 0 Å². The standard InChI is InChI=1S/C13H20O2/c14-11-9-12(5-1-2-6-12)10-13(15-11)7-3-4-8-13/h1-10H2. The van der Waals surface area contributed by atoms with Crippen LogP contribution in [0.25, 0.3) is 0 Å². The van der Waals surface area contributed by atoms with Gasteiger partial charge in [0, 0.05) is 0 Å². The van der Waals surface area contributed by atoms with Gasteiger partial charge in [-0.2, -0.15) is 0 Å². The van der Waals surface area contributed by atoms with Crippen LogP contribution in [0.4, 0.5) is 0 Å². The van der Waals surface area contributed by atoms with E-state index in [9.17, 15) is 4.79 Å². The Morgan fingerprint density at radius 3 is 2.20 bits per heavy atom. The summed E-state index contributed by atoms with van der Waals surface area (Å²) in [6.07, 6.45) is 11.8. The average Bonchev–Trinajstić information content (AvgIpc) is 2.75. The third kappa shape index (κ3) is 1.58. The summed E-state index contributed by atoms with van der Waals surface area (Å²) >= 11 is 0. The summed E-state index contributed by atoms with van der Waals surface area (Å²) in [7, 11) is 0. The molecule has 3 aliphatic rings. The second-order valence-corrected chi connectivity index (χ2v) is 5.92. The molecule has 1 saturated heterocycles. The van der Waals surface area contributed by atoms with Gasteiger partial charge in [-0.25, -0.2) is 0 Å². The number of carbonyl (C=O) groups is 1. The van der Waals surface area contributed by atoms with Crippen LogP contribution in [0.2, 0.25) is 0 Å². The van der Waals surface area contributed by atoms with Crippen molar-refractivity contribution >= 4 is 5.97 Å². The van der Waals surface area contributed by atoms with Crippen molar-refractivity contribution in [2.75, 3.05) is 0 Å². The highest BCUT2D eigenvalue weighted by Crippen LogP contribution is 2.54. The summed E-state index contributed by atoms with van der Waals surface area (Å²) in [5, 5.41) is 0. The average molecular weight is 208 g/mol. The normalized spacial score (nSPS) is 32.4. The smallest absolute Gasteiger partial charge is 0.306 e. The molecule has 3 fully saturated rings. The quantitative estimate of drug-likeness (QED) is 0.571. The molecule has 1 aliphatic heterocycles. The van der Waals surface area contributed by atoms with Crippen LogP contribution in [-0.2, 0) is 9.53 Å². The summed E-state index contributed by atoms with van der Waals surface area (Å²) in [4.78, 5) is 11.8. The van der Waals surface area contributed by atoms with Gasteiger partial charge in [0.15, 0.2) is 0 Å². The molecule has 0 radical (unpaired) electrons. The van der Waals surface area contributed by atoms with Gasteiger partial charge in [0.25, 0.3) is 0 Å². The van der Waals surface area contributed by atoms with E-state index in [0.29, 0.717) is 11.8 Å². The Morgan fingerprint density at radius 1 is 0.933 bits per heavy atom. The second kappa shape index (κ2) is 3.23. The van der Waals surface area contributed by atoms with E-state index in [2.05, 4.69) is 0 Å². The van der Waals surface area contributed by atoms with Gasteiger partial charge in [0.1, 0.15) is 5.60 Å². The maximum absolute atomic E-state index is 11.8. The van der Waals surface area contributed by atoms with Gasteiger partial charge in [-0.05, 0) is 50.4 Å². The highest BCUT2D eigenvalue weighted by atomic mass is 16.6. The number of esters is 1. The number of rotatable bonds is 0. The molecule has 1 heterocycles. The van der Waals surface area contributed by atoms with E-state index >= 15 is 0 Å². The second-order valence-electron chi connectivity index (χ2n) is 5.92. The van der Waals surface area contributed by atoms with Gasteiger partial charge in [0.2, 0.25) is 0 Å². The van der Waals surface area contributed by atoms with Crippen molar-refractivity contribution in [3.8, 4) is 0 Å². The fraction of sp³-hybridized carbons (Fsp3) is 0.923. The number of hydrogen-bond donors (Lipinski definition) is 0. The van der Waals surface area contributed by atoms with Gasteiger partial charge < -0.3 is 4.74 Å². The van der Waals surface area contributed by atoms with Gasteiger partial charge in [-0.1, -0.05) is 12.8 Å². The molecular weight excluding hydrogens is 188 g/mol. The molecule has 0 N–H and O–H groups in total. The monoisotopic (exact) mass is 208 g/mol. The van der Waals surface area contributed by atoms with Gasteiger partial charge in [-0.3, -0.25) is 4.79 Å². The lowest BCUT2D eigenvalue weighted by molar-refractivity contribution is -0.178. The van der Waals surface area contributed by atoms with Crippen LogP contribution in [-0.4, -0.2) is 11.6 Å². The van der Waals surface area contributed by atoms with Gasteiger partial charge in [0.05, 0.1) is 6.42 Å². The Balaban J connectivity index is 1.84. The third-order valence-electron chi connectivity index (χ3n) is 4.73. The zero-order valence-electron chi connectivity index (χ0n) is 9.39. The molecule has 0 atom stereocenters. The topological polar surface area (TPSA) is 26.3 Å². The van der Waals surface area contributed by atoms with Crippen LogP contribution in [0, 0.1) is 5.41 Å². The molecule has 3 rings (SSSR count). The van der Waals surface area contributed by atoms with Crippen molar-refractivity contribution in [3.63, 3.8) is 0 Å². The molecule has 0 aromatic carbocycles. The minimum atomic E-state index is -0.0281. The Hall–Kier alpha value is -0.530. The van der Waals surface area contributed by atoms with Gasteiger partial charge >= 0.3 is 5.97 Å². The SMILES string of the molecule is O=C1CC2(CCCC2)CC2(CCCC2)O1. The number of ether oxygens (including phenoxy) is 1. The van der Waals surface area contributed by atoms with E-state index in [0.717, 1.165) is 12.8 Å². The van der Waals surface area contributed by atoms with E-state index < -0.39 is 0 Å². The molecule has 0 bridgehead atoms. The van der Waals surface area contributed by atoms with Crippen LogP contribution in [0.1, 0.15) is 64.2 Å². The maximum atomic E-state index is 11.8. The van der Waals surface area contributed by atoms with Crippen LogP contribution in [0.15, 0.2) is 0 Å². The van der Waals surface area contributed by atoms with E-state index in [1.165, 1.54) is 44.9 Å². The first-order chi connectivity index (χ1) is 7.22. The lowest BCUT2D eigenvalue weighted by atomic mass is 9.71. The number of carbonyl (C=O) groups excluding carboxylic acids is 1. The first-order valence-corrected chi connectivity index (χ1v) is 6.44. The molecule has 0 amide bonds. The highest BCUT2D eigenvalue weighted by molar-refractivity contribution is 5.72. The first-order valence-electron chi connectivity index (χ1n) is 6.44. The minimum absolute atomic E-state index is 0.0281. The molecular formula is C13H20O2. The van der Waals surface area contributed by atoms with Crippen molar-refractivity contribution in [1.82, 2.24) is 0 Å². The Morgan fingerprint density at radius 2 is 1.53 bits per heavy atom. The lowest BCUT2D eigenvalue weighted by Gasteiger charge is -2.43. The van der Waals surface area contributed by atoms with E-state index in [1.54, 1.807) is 0 Å². The molecule has 2 nitrogen and oxygen atoms in total.